The zero-order chi connectivity index (χ0) is 24.3. The fourth-order valence-corrected chi connectivity index (χ4v) is 5.09. The van der Waals surface area contributed by atoms with Crippen molar-refractivity contribution in [3.8, 4) is 17.2 Å². The molecule has 0 fully saturated rings. The van der Waals surface area contributed by atoms with Crippen LogP contribution in [0.5, 0.6) is 17.2 Å². The number of aromatic hydroxyl groups is 1. The molecule has 0 spiro atoms. The van der Waals surface area contributed by atoms with E-state index in [1.54, 1.807) is 0 Å². The van der Waals surface area contributed by atoms with Crippen molar-refractivity contribution in [1.82, 2.24) is 0 Å². The number of hydrogen-bond acceptors (Lipinski definition) is 5. The van der Waals surface area contributed by atoms with Crippen LogP contribution in [0.2, 0.25) is 0 Å². The van der Waals surface area contributed by atoms with Gasteiger partial charge >= 0.3 is 0 Å². The van der Waals surface area contributed by atoms with Gasteiger partial charge in [0, 0.05) is 17.2 Å². The Balaban J connectivity index is 1.65. The zero-order valence-electron chi connectivity index (χ0n) is 20.7. The molecule has 3 rings (SSSR count). The largest absolute Gasteiger partial charge is 0.507 e. The second-order valence-corrected chi connectivity index (χ2v) is 10.7. The Hall–Kier alpha value is -2.40. The normalized spacial score (nSPS) is 18.2. The molecule has 1 aliphatic rings. The quantitative estimate of drug-likeness (QED) is 0.440. The third kappa shape index (κ3) is 5.75. The van der Waals surface area contributed by atoms with Gasteiger partial charge in [0.15, 0.2) is 5.12 Å². The topological polar surface area (TPSA) is 55.8 Å². The van der Waals surface area contributed by atoms with Crippen LogP contribution in [0, 0.1) is 20.8 Å². The van der Waals surface area contributed by atoms with E-state index in [-0.39, 0.29) is 10.4 Å². The molecule has 0 bridgehead atoms. The van der Waals surface area contributed by atoms with Gasteiger partial charge in [-0.25, -0.2) is 0 Å². The molecule has 0 saturated heterocycles. The molecule has 2 aromatic rings. The number of rotatable bonds is 8. The molecule has 1 N–H and O–H groups in total. The van der Waals surface area contributed by atoms with Gasteiger partial charge in [0.25, 0.3) is 0 Å². The highest BCUT2D eigenvalue weighted by atomic mass is 32.2. The Kier molecular flexibility index (Phi) is 7.84. The van der Waals surface area contributed by atoms with Crippen molar-refractivity contribution in [2.75, 3.05) is 6.61 Å². The van der Waals surface area contributed by atoms with Crippen LogP contribution in [0.25, 0.3) is 0 Å². The first-order chi connectivity index (χ1) is 15.5. The van der Waals surface area contributed by atoms with Gasteiger partial charge in [-0.1, -0.05) is 43.0 Å². The highest BCUT2D eigenvalue weighted by Gasteiger charge is 2.35. The maximum Gasteiger partial charge on any atom is 0.189 e. The van der Waals surface area contributed by atoms with Crippen LogP contribution < -0.4 is 9.47 Å². The monoisotopic (exact) mass is 468 g/mol. The Labute approximate surface area is 202 Å². The number of benzene rings is 2. The predicted molar refractivity (Wildman–Crippen MR) is 137 cm³/mol. The number of carbonyl (C=O) groups excluding carboxylic acids is 1. The minimum absolute atomic E-state index is 0.0911. The first-order valence-corrected chi connectivity index (χ1v) is 12.5. The lowest BCUT2D eigenvalue weighted by Crippen LogP contribution is -2.42. The van der Waals surface area contributed by atoms with E-state index in [2.05, 4.69) is 25.6 Å². The third-order valence-corrected chi connectivity index (χ3v) is 8.00. The number of fused-ring (bicyclic) bond motifs is 1. The minimum atomic E-state index is -0.436. The molecule has 0 radical (unpaired) electrons. The summed E-state index contributed by atoms with van der Waals surface area (Å²) in [5.41, 5.74) is 5.62. The summed E-state index contributed by atoms with van der Waals surface area (Å²) in [4.78, 5) is 11.9. The first-order valence-electron chi connectivity index (χ1n) is 11.6. The summed E-state index contributed by atoms with van der Waals surface area (Å²) in [5.74, 6) is 2.06. The molecular formula is C28H36O4S. The molecule has 0 aromatic heterocycles. The highest BCUT2D eigenvalue weighted by Crippen LogP contribution is 2.43. The molecule has 33 heavy (non-hydrogen) atoms. The van der Waals surface area contributed by atoms with Gasteiger partial charge in [-0.3, -0.25) is 4.79 Å². The molecule has 2 atom stereocenters. The SMILES string of the molecule is C=C(C)C(Cc1ccc(OCC2(C)CCc3c(C)c(O)c(C)c(C)c3O2)cc1)SC(=O)CC. The smallest absolute Gasteiger partial charge is 0.189 e. The molecular weight excluding hydrogens is 432 g/mol. The van der Waals surface area contributed by atoms with Gasteiger partial charge in [0.2, 0.25) is 0 Å². The summed E-state index contributed by atoms with van der Waals surface area (Å²) in [7, 11) is 0. The van der Waals surface area contributed by atoms with Crippen LogP contribution in [0.1, 0.15) is 61.4 Å². The fraction of sp³-hybridized carbons (Fsp3) is 0.464. The van der Waals surface area contributed by atoms with E-state index >= 15 is 0 Å². The van der Waals surface area contributed by atoms with Crippen LogP contribution in [-0.4, -0.2) is 27.7 Å². The second kappa shape index (κ2) is 10.3. The van der Waals surface area contributed by atoms with E-state index in [1.165, 1.54) is 11.8 Å². The van der Waals surface area contributed by atoms with Gasteiger partial charge in [0.1, 0.15) is 29.5 Å². The summed E-state index contributed by atoms with van der Waals surface area (Å²) >= 11 is 1.38. The molecule has 2 aromatic carbocycles. The Morgan fingerprint density at radius 3 is 2.48 bits per heavy atom. The molecule has 0 saturated carbocycles. The lowest BCUT2D eigenvalue weighted by atomic mass is 9.87. The van der Waals surface area contributed by atoms with Crippen molar-refractivity contribution in [3.63, 3.8) is 0 Å². The van der Waals surface area contributed by atoms with Gasteiger partial charge in [-0.05, 0) is 88.3 Å². The maximum atomic E-state index is 11.9. The third-order valence-electron chi connectivity index (χ3n) is 6.59. The van der Waals surface area contributed by atoms with Crippen molar-refractivity contribution < 1.29 is 19.4 Å². The Morgan fingerprint density at radius 2 is 1.88 bits per heavy atom. The highest BCUT2D eigenvalue weighted by molar-refractivity contribution is 8.14. The van der Waals surface area contributed by atoms with Crippen LogP contribution in [0.15, 0.2) is 36.4 Å². The summed E-state index contributed by atoms with van der Waals surface area (Å²) in [6.07, 6.45) is 2.98. The van der Waals surface area contributed by atoms with Crippen molar-refractivity contribution in [1.29, 1.82) is 0 Å². The van der Waals surface area contributed by atoms with Crippen LogP contribution in [0.4, 0.5) is 0 Å². The standard InChI is InChI=1S/C28H36O4S/c1-8-25(29)33-24(17(2)3)15-21-9-11-22(12-10-21)31-16-28(7)14-13-23-20(6)26(30)18(4)19(5)27(23)32-28/h9-12,24,30H,2,8,13-16H2,1,3-7H3. The number of carbonyl (C=O) groups is 1. The number of hydrogen-bond donors (Lipinski definition) is 1. The van der Waals surface area contributed by atoms with E-state index in [4.69, 9.17) is 9.47 Å². The van der Waals surface area contributed by atoms with Crippen molar-refractivity contribution in [3.05, 3.63) is 64.2 Å². The van der Waals surface area contributed by atoms with Crippen LogP contribution >= 0.6 is 11.8 Å². The van der Waals surface area contributed by atoms with Gasteiger partial charge < -0.3 is 14.6 Å². The number of ether oxygens (including phenoxy) is 2. The van der Waals surface area contributed by atoms with Gasteiger partial charge in [-0.15, -0.1) is 0 Å². The molecule has 1 aliphatic heterocycles. The van der Waals surface area contributed by atoms with Crippen molar-refractivity contribution in [2.24, 2.45) is 0 Å². The predicted octanol–water partition coefficient (Wildman–Crippen LogP) is 6.64. The number of phenols is 1. The molecule has 178 valence electrons. The Morgan fingerprint density at radius 1 is 1.21 bits per heavy atom. The summed E-state index contributed by atoms with van der Waals surface area (Å²) in [6, 6.07) is 8.08. The molecule has 2 unspecified atom stereocenters. The molecule has 4 nitrogen and oxygen atoms in total. The lowest BCUT2D eigenvalue weighted by molar-refractivity contribution is -0.110. The van der Waals surface area contributed by atoms with E-state index in [9.17, 15) is 9.90 Å². The van der Waals surface area contributed by atoms with E-state index in [0.717, 1.165) is 64.2 Å². The molecule has 0 aliphatic carbocycles. The molecule has 1 heterocycles. The lowest BCUT2D eigenvalue weighted by Gasteiger charge is -2.37. The second-order valence-electron chi connectivity index (χ2n) is 9.40. The van der Waals surface area contributed by atoms with E-state index in [1.807, 2.05) is 46.8 Å². The summed E-state index contributed by atoms with van der Waals surface area (Å²) in [5, 5.41) is 10.7. The van der Waals surface area contributed by atoms with Crippen LogP contribution in [-0.2, 0) is 17.6 Å². The zero-order valence-corrected chi connectivity index (χ0v) is 21.5. The molecule has 5 heteroatoms. The van der Waals surface area contributed by atoms with Gasteiger partial charge in [0.05, 0.1) is 0 Å². The molecule has 0 amide bonds. The number of phenolic OH excluding ortho intramolecular Hbond substituents is 1. The number of thioether (sulfide) groups is 1. The van der Waals surface area contributed by atoms with E-state index < -0.39 is 5.60 Å². The van der Waals surface area contributed by atoms with Crippen molar-refractivity contribution in [2.45, 2.75) is 78.1 Å². The average Bonchev–Trinajstić information content (AvgIpc) is 2.80. The summed E-state index contributed by atoms with van der Waals surface area (Å²) < 4.78 is 12.6. The maximum absolute atomic E-state index is 11.9. The minimum Gasteiger partial charge on any atom is -0.507 e. The fourth-order valence-electron chi connectivity index (χ4n) is 4.13. The Bertz CT molecular complexity index is 1040. The summed E-state index contributed by atoms with van der Waals surface area (Å²) in [6.45, 7) is 16.3. The first kappa shape index (κ1) is 25.2. The van der Waals surface area contributed by atoms with Gasteiger partial charge in [-0.2, -0.15) is 0 Å². The van der Waals surface area contributed by atoms with E-state index in [0.29, 0.717) is 18.8 Å². The average molecular weight is 469 g/mol. The van der Waals surface area contributed by atoms with Crippen LogP contribution in [0.3, 0.4) is 0 Å². The van der Waals surface area contributed by atoms with Crippen molar-refractivity contribution >= 4 is 16.9 Å².